The zero-order chi connectivity index (χ0) is 20.3. The normalized spacial score (nSPS) is 18.0. The van der Waals surface area contributed by atoms with Gasteiger partial charge in [-0.2, -0.15) is 4.31 Å². The van der Waals surface area contributed by atoms with Crippen LogP contribution in [0.2, 0.25) is 0 Å². The van der Waals surface area contributed by atoms with Crippen LogP contribution in [0.5, 0.6) is 0 Å². The van der Waals surface area contributed by atoms with E-state index in [1.54, 1.807) is 28.8 Å². The number of thiazole rings is 1. The molecule has 3 aromatic rings. The second-order valence-electron chi connectivity index (χ2n) is 6.84. The highest BCUT2D eigenvalue weighted by Gasteiger charge is 2.33. The van der Waals surface area contributed by atoms with Crippen LogP contribution in [0.25, 0.3) is 10.2 Å². The quantitative estimate of drug-likeness (QED) is 0.540. The first-order chi connectivity index (χ1) is 14.0. The number of anilines is 1. The predicted octanol–water partition coefficient (Wildman–Crippen LogP) is 2.99. The summed E-state index contributed by atoms with van der Waals surface area (Å²) in [4.78, 5) is 17.0. The summed E-state index contributed by atoms with van der Waals surface area (Å²) in [6, 6.07) is 11.3. The zero-order valence-electron chi connectivity index (χ0n) is 15.7. The lowest BCUT2D eigenvalue weighted by atomic mass is 9.99. The van der Waals surface area contributed by atoms with E-state index in [-0.39, 0.29) is 18.4 Å². The van der Waals surface area contributed by atoms with Gasteiger partial charge in [0.25, 0.3) is 10.0 Å². The molecule has 0 bridgehead atoms. The van der Waals surface area contributed by atoms with Gasteiger partial charge in [-0.15, -0.1) is 11.3 Å². The summed E-state index contributed by atoms with van der Waals surface area (Å²) in [6.07, 6.45) is 1.39. The Hall–Kier alpha value is -2.01. The summed E-state index contributed by atoms with van der Waals surface area (Å²) >= 11 is 2.78. The first-order valence-electron chi connectivity index (χ1n) is 9.45. The Morgan fingerprint density at radius 2 is 2.07 bits per heavy atom. The summed E-state index contributed by atoms with van der Waals surface area (Å²) < 4.78 is 28.3. The highest BCUT2D eigenvalue weighted by Crippen LogP contribution is 2.27. The van der Waals surface area contributed by atoms with Gasteiger partial charge in [-0.25, -0.2) is 13.4 Å². The van der Waals surface area contributed by atoms with Gasteiger partial charge >= 0.3 is 0 Å². The monoisotopic (exact) mass is 450 g/mol. The summed E-state index contributed by atoms with van der Waals surface area (Å²) in [5.74, 6) is -0.414. The van der Waals surface area contributed by atoms with Crippen LogP contribution in [-0.4, -0.2) is 49.8 Å². The minimum atomic E-state index is -3.51. The molecule has 1 atom stereocenters. The van der Waals surface area contributed by atoms with Crippen LogP contribution in [0, 0.1) is 5.92 Å². The number of thiophene rings is 1. The SMILES string of the molecule is O=C(NCCNc1nc2ccccc2s1)C1CCCN(S(=O)(=O)c2cccs2)C1. The van der Waals surface area contributed by atoms with E-state index < -0.39 is 10.0 Å². The van der Waals surface area contributed by atoms with Crippen LogP contribution < -0.4 is 10.6 Å². The lowest BCUT2D eigenvalue weighted by Gasteiger charge is -2.30. The molecule has 3 heterocycles. The fourth-order valence-corrected chi connectivity index (χ4v) is 6.92. The van der Waals surface area contributed by atoms with E-state index in [0.29, 0.717) is 36.7 Å². The molecule has 4 rings (SSSR count). The van der Waals surface area contributed by atoms with Gasteiger partial charge in [0, 0.05) is 26.2 Å². The van der Waals surface area contributed by atoms with E-state index in [1.807, 2.05) is 24.3 Å². The number of carbonyl (C=O) groups excluding carboxylic acids is 1. The third-order valence-electron chi connectivity index (χ3n) is 4.84. The number of amides is 1. The minimum absolute atomic E-state index is 0.0952. The molecule has 2 N–H and O–H groups in total. The second kappa shape index (κ2) is 8.78. The van der Waals surface area contributed by atoms with Crippen LogP contribution in [0.1, 0.15) is 12.8 Å². The number of nitrogens with zero attached hydrogens (tertiary/aromatic N) is 2. The maximum atomic E-state index is 12.7. The molecule has 154 valence electrons. The summed E-state index contributed by atoms with van der Waals surface area (Å²) in [6.45, 7) is 1.72. The van der Waals surface area contributed by atoms with E-state index in [1.165, 1.54) is 15.6 Å². The number of nitrogens with one attached hydrogen (secondary N) is 2. The Morgan fingerprint density at radius 3 is 2.86 bits per heavy atom. The predicted molar refractivity (Wildman–Crippen MR) is 117 cm³/mol. The molecular formula is C19H22N4O3S3. The second-order valence-corrected chi connectivity index (χ2v) is 11.0. The molecule has 1 aromatic carbocycles. The molecule has 10 heteroatoms. The highest BCUT2D eigenvalue weighted by molar-refractivity contribution is 7.91. The van der Waals surface area contributed by atoms with Crippen molar-refractivity contribution in [3.8, 4) is 0 Å². The standard InChI is InChI=1S/C19H22N4O3S3/c24-18(20-9-10-21-19-22-15-6-1-2-7-16(15)28-19)14-5-3-11-23(13-14)29(25,26)17-8-4-12-27-17/h1-2,4,6-8,12,14H,3,5,9-11,13H2,(H,20,24)(H,21,22). The third kappa shape index (κ3) is 4.61. The average molecular weight is 451 g/mol. The number of hydrogen-bond acceptors (Lipinski definition) is 7. The Morgan fingerprint density at radius 1 is 1.21 bits per heavy atom. The molecular weight excluding hydrogens is 428 g/mol. The van der Waals surface area contributed by atoms with Crippen molar-refractivity contribution in [2.24, 2.45) is 5.92 Å². The molecule has 0 radical (unpaired) electrons. The number of benzene rings is 1. The van der Waals surface area contributed by atoms with Crippen molar-refractivity contribution in [1.82, 2.24) is 14.6 Å². The average Bonchev–Trinajstić information content (AvgIpc) is 3.41. The first kappa shape index (κ1) is 20.3. The Labute approximate surface area is 177 Å². The number of sulfonamides is 1. The molecule has 1 aliphatic rings. The van der Waals surface area contributed by atoms with Crippen molar-refractivity contribution in [1.29, 1.82) is 0 Å². The molecule has 0 spiro atoms. The van der Waals surface area contributed by atoms with Crippen molar-refractivity contribution in [2.45, 2.75) is 17.1 Å². The summed E-state index contributed by atoms with van der Waals surface area (Å²) in [7, 11) is -3.51. The molecule has 0 aliphatic carbocycles. The van der Waals surface area contributed by atoms with Crippen molar-refractivity contribution < 1.29 is 13.2 Å². The van der Waals surface area contributed by atoms with Crippen LogP contribution >= 0.6 is 22.7 Å². The van der Waals surface area contributed by atoms with Crippen molar-refractivity contribution in [3.63, 3.8) is 0 Å². The van der Waals surface area contributed by atoms with E-state index >= 15 is 0 Å². The van der Waals surface area contributed by atoms with Gasteiger partial charge in [-0.3, -0.25) is 4.79 Å². The van der Waals surface area contributed by atoms with Crippen LogP contribution in [-0.2, 0) is 14.8 Å². The largest absolute Gasteiger partial charge is 0.360 e. The molecule has 1 amide bonds. The van der Waals surface area contributed by atoms with Crippen LogP contribution in [0.3, 0.4) is 0 Å². The van der Waals surface area contributed by atoms with Crippen LogP contribution in [0.15, 0.2) is 46.0 Å². The number of carbonyl (C=O) groups is 1. The Kier molecular flexibility index (Phi) is 6.14. The fraction of sp³-hybridized carbons (Fsp3) is 0.368. The van der Waals surface area contributed by atoms with Gasteiger partial charge in [-0.05, 0) is 36.4 Å². The van der Waals surface area contributed by atoms with Gasteiger partial charge < -0.3 is 10.6 Å². The molecule has 1 unspecified atom stereocenters. The highest BCUT2D eigenvalue weighted by atomic mass is 32.2. The molecule has 7 nitrogen and oxygen atoms in total. The number of aromatic nitrogens is 1. The topological polar surface area (TPSA) is 91.4 Å². The van der Waals surface area contributed by atoms with Gasteiger partial charge in [0.1, 0.15) is 4.21 Å². The number of hydrogen-bond donors (Lipinski definition) is 2. The maximum Gasteiger partial charge on any atom is 0.252 e. The minimum Gasteiger partial charge on any atom is -0.360 e. The molecule has 2 aromatic heterocycles. The van der Waals surface area contributed by atoms with Gasteiger partial charge in [0.15, 0.2) is 5.13 Å². The van der Waals surface area contributed by atoms with Crippen molar-refractivity contribution >= 4 is 54.0 Å². The third-order valence-corrected chi connectivity index (χ3v) is 9.07. The van der Waals surface area contributed by atoms with E-state index in [0.717, 1.165) is 15.3 Å². The number of fused-ring (bicyclic) bond motifs is 1. The van der Waals surface area contributed by atoms with Crippen LogP contribution in [0.4, 0.5) is 5.13 Å². The summed E-state index contributed by atoms with van der Waals surface area (Å²) in [5, 5.41) is 8.73. The Bertz CT molecular complexity index is 1050. The van der Waals surface area contributed by atoms with E-state index in [9.17, 15) is 13.2 Å². The zero-order valence-corrected chi connectivity index (χ0v) is 18.2. The first-order valence-corrected chi connectivity index (χ1v) is 12.6. The molecule has 0 saturated carbocycles. The van der Waals surface area contributed by atoms with Gasteiger partial charge in [0.2, 0.25) is 5.91 Å². The van der Waals surface area contributed by atoms with Gasteiger partial charge in [-0.1, -0.05) is 29.5 Å². The summed E-state index contributed by atoms with van der Waals surface area (Å²) in [5.41, 5.74) is 0.957. The van der Waals surface area contributed by atoms with Gasteiger partial charge in [0.05, 0.1) is 16.1 Å². The number of piperidine rings is 1. The lowest BCUT2D eigenvalue weighted by molar-refractivity contribution is -0.125. The lowest BCUT2D eigenvalue weighted by Crippen LogP contribution is -2.45. The molecule has 29 heavy (non-hydrogen) atoms. The van der Waals surface area contributed by atoms with E-state index in [2.05, 4.69) is 15.6 Å². The Balaban J connectivity index is 1.27. The molecule has 1 fully saturated rings. The molecule has 1 aliphatic heterocycles. The molecule has 1 saturated heterocycles. The van der Waals surface area contributed by atoms with Crippen molar-refractivity contribution in [3.05, 3.63) is 41.8 Å². The van der Waals surface area contributed by atoms with E-state index in [4.69, 9.17) is 0 Å². The van der Waals surface area contributed by atoms with Crippen molar-refractivity contribution in [2.75, 3.05) is 31.5 Å². The maximum absolute atomic E-state index is 12.7. The number of para-hydroxylation sites is 1. The fourth-order valence-electron chi connectivity index (χ4n) is 3.36. The smallest absolute Gasteiger partial charge is 0.252 e. The number of rotatable bonds is 7.